The van der Waals surface area contributed by atoms with Gasteiger partial charge in [-0.1, -0.05) is 74.5 Å². The molecule has 4 atom stereocenters. The van der Waals surface area contributed by atoms with Gasteiger partial charge in [0.2, 0.25) is 11.8 Å². The van der Waals surface area contributed by atoms with Gasteiger partial charge >= 0.3 is 0 Å². The van der Waals surface area contributed by atoms with E-state index in [9.17, 15) is 9.59 Å². The van der Waals surface area contributed by atoms with E-state index in [1.807, 2.05) is 60.7 Å². The summed E-state index contributed by atoms with van der Waals surface area (Å²) in [5.41, 5.74) is 4.67. The van der Waals surface area contributed by atoms with E-state index < -0.39 is 0 Å². The average Bonchev–Trinajstić information content (AvgIpc) is 3.45. The van der Waals surface area contributed by atoms with Crippen LogP contribution < -0.4 is 16.1 Å². The van der Waals surface area contributed by atoms with Crippen molar-refractivity contribution in [3.05, 3.63) is 71.8 Å². The number of hydrogen-bond donors (Lipinski definition) is 3. The Morgan fingerprint density at radius 3 is 2.16 bits per heavy atom. The zero-order chi connectivity index (χ0) is 22.2. The van der Waals surface area contributed by atoms with Crippen molar-refractivity contribution in [3.63, 3.8) is 0 Å². The summed E-state index contributed by atoms with van der Waals surface area (Å²) in [5, 5.41) is 6.29. The summed E-state index contributed by atoms with van der Waals surface area (Å²) in [6.07, 6.45) is 0.988. The number of amides is 2. The molecule has 0 bridgehead atoms. The first kappa shape index (κ1) is 23.0. The lowest BCUT2D eigenvalue weighted by Crippen LogP contribution is -2.46. The maximum Gasteiger partial charge on any atom is 0.243 e. The van der Waals surface area contributed by atoms with Crippen LogP contribution >= 0.6 is 0 Å². The number of nitrogens with one attached hydrogen (secondary N) is 3. The first-order valence-corrected chi connectivity index (χ1v) is 11.0. The second-order valence-electron chi connectivity index (χ2n) is 8.54. The number of hydroxylamine groups is 1. The highest BCUT2D eigenvalue weighted by Gasteiger charge is 2.53. The van der Waals surface area contributed by atoms with Crippen LogP contribution in [0, 0.1) is 17.8 Å². The standard InChI is InChI=1S/C25H33N3O3/c1-17(2)23-20(15-22(29)28-31-16-19-12-8-5-9-13-19)24(23)27-21(25(30)26-3)14-18-10-6-4-7-11-18/h4-13,17,20-21,23-24,27H,14-16H2,1-3H3,(H,26,30)(H,28,29)/t20-,21-,23-,24+/m0/s1. The fraction of sp³-hybridized carbons (Fsp3) is 0.440. The number of rotatable bonds is 11. The molecule has 0 aromatic heterocycles. The summed E-state index contributed by atoms with van der Waals surface area (Å²) in [4.78, 5) is 30.3. The molecule has 0 unspecified atom stereocenters. The van der Waals surface area contributed by atoms with Crippen molar-refractivity contribution in [1.82, 2.24) is 16.1 Å². The van der Waals surface area contributed by atoms with Crippen LogP contribution in [0.5, 0.6) is 0 Å². The summed E-state index contributed by atoms with van der Waals surface area (Å²) in [5.74, 6) is 0.789. The van der Waals surface area contributed by atoms with Crippen molar-refractivity contribution in [1.29, 1.82) is 0 Å². The molecule has 1 saturated carbocycles. The minimum Gasteiger partial charge on any atom is -0.358 e. The van der Waals surface area contributed by atoms with Crippen molar-refractivity contribution in [2.45, 2.75) is 45.4 Å². The molecule has 1 aliphatic rings. The highest BCUT2D eigenvalue weighted by atomic mass is 16.6. The minimum atomic E-state index is -0.332. The normalized spacial score (nSPS) is 20.8. The zero-order valence-corrected chi connectivity index (χ0v) is 18.5. The molecule has 3 rings (SSSR count). The summed E-state index contributed by atoms with van der Waals surface area (Å²) in [7, 11) is 1.66. The Morgan fingerprint density at radius 2 is 1.58 bits per heavy atom. The van der Waals surface area contributed by atoms with Crippen LogP contribution in [0.1, 0.15) is 31.4 Å². The van der Waals surface area contributed by atoms with Gasteiger partial charge in [0.05, 0.1) is 12.6 Å². The van der Waals surface area contributed by atoms with E-state index >= 15 is 0 Å². The van der Waals surface area contributed by atoms with Crippen LogP contribution in [0.2, 0.25) is 0 Å². The van der Waals surface area contributed by atoms with E-state index in [0.717, 1.165) is 11.1 Å². The Kier molecular flexibility index (Phi) is 8.20. The number of carbonyl (C=O) groups excluding carboxylic acids is 2. The molecule has 0 heterocycles. The maximum absolute atomic E-state index is 12.5. The Labute approximate surface area is 184 Å². The van der Waals surface area contributed by atoms with Crippen LogP contribution in [0.15, 0.2) is 60.7 Å². The molecular weight excluding hydrogens is 390 g/mol. The van der Waals surface area contributed by atoms with Crippen molar-refractivity contribution in [3.8, 4) is 0 Å². The fourth-order valence-corrected chi connectivity index (χ4v) is 4.32. The Bertz CT molecular complexity index is 842. The van der Waals surface area contributed by atoms with Crippen LogP contribution in [-0.4, -0.2) is 30.9 Å². The van der Waals surface area contributed by atoms with Gasteiger partial charge in [0.25, 0.3) is 0 Å². The molecule has 2 aromatic carbocycles. The zero-order valence-electron chi connectivity index (χ0n) is 18.5. The molecule has 0 radical (unpaired) electrons. The molecule has 6 nitrogen and oxygen atoms in total. The van der Waals surface area contributed by atoms with Crippen molar-refractivity contribution >= 4 is 11.8 Å². The van der Waals surface area contributed by atoms with Crippen LogP contribution in [0.25, 0.3) is 0 Å². The summed E-state index contributed by atoms with van der Waals surface area (Å²) in [6, 6.07) is 19.5. The highest BCUT2D eigenvalue weighted by Crippen LogP contribution is 2.47. The smallest absolute Gasteiger partial charge is 0.243 e. The molecule has 6 heteroatoms. The molecule has 166 valence electrons. The number of benzene rings is 2. The first-order valence-electron chi connectivity index (χ1n) is 11.0. The van der Waals surface area contributed by atoms with E-state index in [2.05, 4.69) is 30.0 Å². The number of carbonyl (C=O) groups is 2. The van der Waals surface area contributed by atoms with Crippen molar-refractivity contribution in [2.24, 2.45) is 17.8 Å². The maximum atomic E-state index is 12.5. The molecular formula is C25H33N3O3. The molecule has 3 N–H and O–H groups in total. The van der Waals surface area contributed by atoms with Gasteiger partial charge in [0.15, 0.2) is 0 Å². The summed E-state index contributed by atoms with van der Waals surface area (Å²) < 4.78 is 0. The van der Waals surface area contributed by atoms with Gasteiger partial charge in [-0.05, 0) is 35.3 Å². The molecule has 1 fully saturated rings. The Hall–Kier alpha value is -2.70. The quantitative estimate of drug-likeness (QED) is 0.486. The lowest BCUT2D eigenvalue weighted by atomic mass is 10.0. The van der Waals surface area contributed by atoms with E-state index in [-0.39, 0.29) is 29.8 Å². The Morgan fingerprint density at radius 1 is 0.968 bits per heavy atom. The predicted octanol–water partition coefficient (Wildman–Crippen LogP) is 2.84. The molecule has 31 heavy (non-hydrogen) atoms. The minimum absolute atomic E-state index is 0.0346. The van der Waals surface area contributed by atoms with Crippen LogP contribution in [0.3, 0.4) is 0 Å². The second-order valence-corrected chi connectivity index (χ2v) is 8.54. The Balaban J connectivity index is 1.54. The van der Waals surface area contributed by atoms with Gasteiger partial charge in [0, 0.05) is 19.5 Å². The van der Waals surface area contributed by atoms with Crippen LogP contribution in [-0.2, 0) is 27.5 Å². The third-order valence-electron chi connectivity index (χ3n) is 5.93. The molecule has 2 amide bonds. The summed E-state index contributed by atoms with van der Waals surface area (Å²) >= 11 is 0. The van der Waals surface area contributed by atoms with Crippen molar-refractivity contribution < 1.29 is 14.4 Å². The SMILES string of the molecule is CNC(=O)[C@H](Cc1ccccc1)N[C@@H]1[C@@H](CC(=O)NOCc2ccccc2)[C@@H]1C(C)C. The predicted molar refractivity (Wildman–Crippen MR) is 121 cm³/mol. The number of hydrogen-bond acceptors (Lipinski definition) is 4. The van der Waals surface area contributed by atoms with Gasteiger partial charge in [0.1, 0.15) is 0 Å². The van der Waals surface area contributed by atoms with E-state index in [1.54, 1.807) is 7.05 Å². The molecule has 0 saturated heterocycles. The van der Waals surface area contributed by atoms with E-state index in [1.165, 1.54) is 0 Å². The number of likely N-dealkylation sites (N-methyl/N-ethyl adjacent to an activating group) is 1. The first-order chi connectivity index (χ1) is 15.0. The second kappa shape index (κ2) is 11.1. The molecule has 0 spiro atoms. The van der Waals surface area contributed by atoms with Gasteiger partial charge in [-0.15, -0.1) is 0 Å². The van der Waals surface area contributed by atoms with Gasteiger partial charge < -0.3 is 10.6 Å². The summed E-state index contributed by atoms with van der Waals surface area (Å²) in [6.45, 7) is 4.66. The lowest BCUT2D eigenvalue weighted by molar-refractivity contribution is -0.135. The van der Waals surface area contributed by atoms with Gasteiger partial charge in [-0.3, -0.25) is 14.4 Å². The monoisotopic (exact) mass is 423 g/mol. The molecule has 1 aliphatic carbocycles. The van der Waals surface area contributed by atoms with Gasteiger partial charge in [-0.2, -0.15) is 0 Å². The fourth-order valence-electron chi connectivity index (χ4n) is 4.32. The van der Waals surface area contributed by atoms with Crippen LogP contribution in [0.4, 0.5) is 0 Å². The van der Waals surface area contributed by atoms with E-state index in [0.29, 0.717) is 31.3 Å². The largest absolute Gasteiger partial charge is 0.358 e. The third-order valence-corrected chi connectivity index (χ3v) is 5.93. The topological polar surface area (TPSA) is 79.5 Å². The van der Waals surface area contributed by atoms with Gasteiger partial charge in [-0.25, -0.2) is 5.48 Å². The average molecular weight is 424 g/mol. The molecule has 0 aliphatic heterocycles. The highest BCUT2D eigenvalue weighted by molar-refractivity contribution is 5.82. The molecule has 2 aromatic rings. The lowest BCUT2D eigenvalue weighted by Gasteiger charge is -2.18. The van der Waals surface area contributed by atoms with Crippen molar-refractivity contribution in [2.75, 3.05) is 7.05 Å². The third kappa shape index (κ3) is 6.64. The van der Waals surface area contributed by atoms with E-state index in [4.69, 9.17) is 4.84 Å².